The molecule has 106 valence electrons. The molecule has 4 nitrogen and oxygen atoms in total. The van der Waals surface area contributed by atoms with E-state index in [1.165, 1.54) is 12.8 Å². The maximum absolute atomic E-state index is 12.6. The topological polar surface area (TPSA) is 57.8 Å². The predicted octanol–water partition coefficient (Wildman–Crippen LogP) is 2.94. The molecule has 0 unspecified atom stereocenters. The van der Waals surface area contributed by atoms with E-state index >= 15 is 0 Å². The van der Waals surface area contributed by atoms with Gasteiger partial charge < -0.3 is 5.32 Å². The largest absolute Gasteiger partial charge is 0.351 e. The Kier molecular flexibility index (Phi) is 4.27. The van der Waals surface area contributed by atoms with Crippen molar-refractivity contribution >= 4 is 5.91 Å². The van der Waals surface area contributed by atoms with Crippen LogP contribution in [-0.2, 0) is 11.3 Å². The normalized spacial score (nSPS) is 17.9. The molecule has 0 spiro atoms. The maximum atomic E-state index is 12.6. The molecule has 2 rings (SSSR count). The molecule has 1 aliphatic rings. The number of aryl methyl sites for hydroxylation is 1. The number of nitrogens with zero attached hydrogens (tertiary/aromatic N) is 1. The fourth-order valence-corrected chi connectivity index (χ4v) is 3.27. The van der Waals surface area contributed by atoms with Gasteiger partial charge in [0.15, 0.2) is 0 Å². The summed E-state index contributed by atoms with van der Waals surface area (Å²) in [5.41, 5.74) is 1.99. The van der Waals surface area contributed by atoms with E-state index in [9.17, 15) is 4.79 Å². The molecule has 0 saturated heterocycles. The molecule has 1 aliphatic carbocycles. The SMILES string of the molecule is Cc1[nH]ncc1CNC(=O)C1(CC(C)C)CCCC1. The molecule has 1 fully saturated rings. The monoisotopic (exact) mass is 263 g/mol. The standard InChI is InChI=1S/C15H25N3O/c1-11(2)8-15(6-4-5-7-15)14(19)16-9-13-10-17-18-12(13)3/h10-11H,4-9H2,1-3H3,(H,16,19)(H,17,18). The summed E-state index contributed by atoms with van der Waals surface area (Å²) in [6.07, 6.45) is 7.25. The van der Waals surface area contributed by atoms with Crippen molar-refractivity contribution < 1.29 is 4.79 Å². The van der Waals surface area contributed by atoms with Gasteiger partial charge in [-0.1, -0.05) is 26.7 Å². The first-order valence-electron chi connectivity index (χ1n) is 7.31. The fourth-order valence-electron chi connectivity index (χ4n) is 3.27. The third kappa shape index (κ3) is 3.17. The lowest BCUT2D eigenvalue weighted by atomic mass is 9.77. The van der Waals surface area contributed by atoms with Gasteiger partial charge in [-0.15, -0.1) is 0 Å². The number of nitrogens with one attached hydrogen (secondary N) is 2. The molecule has 1 saturated carbocycles. The molecule has 0 bridgehead atoms. The van der Waals surface area contributed by atoms with Crippen molar-refractivity contribution in [1.29, 1.82) is 0 Å². The number of carbonyl (C=O) groups is 1. The summed E-state index contributed by atoms with van der Waals surface area (Å²) < 4.78 is 0. The molecular weight excluding hydrogens is 238 g/mol. The molecule has 1 aromatic rings. The van der Waals surface area contributed by atoms with Crippen LogP contribution in [0.5, 0.6) is 0 Å². The van der Waals surface area contributed by atoms with Crippen LogP contribution in [0.2, 0.25) is 0 Å². The highest BCUT2D eigenvalue weighted by molar-refractivity contribution is 5.82. The van der Waals surface area contributed by atoms with E-state index in [1.54, 1.807) is 6.20 Å². The zero-order valence-electron chi connectivity index (χ0n) is 12.3. The molecule has 19 heavy (non-hydrogen) atoms. The van der Waals surface area contributed by atoms with E-state index < -0.39 is 0 Å². The zero-order valence-corrected chi connectivity index (χ0v) is 12.3. The quantitative estimate of drug-likeness (QED) is 0.858. The van der Waals surface area contributed by atoms with Crippen LogP contribution >= 0.6 is 0 Å². The summed E-state index contributed by atoms with van der Waals surface area (Å²) in [6.45, 7) is 6.97. The minimum atomic E-state index is -0.119. The Balaban J connectivity index is 1.98. The molecule has 1 aromatic heterocycles. The first kappa shape index (κ1) is 14.1. The van der Waals surface area contributed by atoms with Gasteiger partial charge in [0, 0.05) is 23.2 Å². The van der Waals surface area contributed by atoms with Crippen LogP contribution in [0.4, 0.5) is 0 Å². The van der Waals surface area contributed by atoms with Gasteiger partial charge in [-0.25, -0.2) is 0 Å². The lowest BCUT2D eigenvalue weighted by Gasteiger charge is -2.29. The average Bonchev–Trinajstić information content (AvgIpc) is 2.96. The van der Waals surface area contributed by atoms with E-state index in [4.69, 9.17) is 0 Å². The third-order valence-corrected chi connectivity index (χ3v) is 4.22. The summed E-state index contributed by atoms with van der Waals surface area (Å²) in [5, 5.41) is 10.0. The van der Waals surface area contributed by atoms with Crippen molar-refractivity contribution in [3.63, 3.8) is 0 Å². The lowest BCUT2D eigenvalue weighted by molar-refractivity contribution is -0.132. The van der Waals surface area contributed by atoms with Crippen molar-refractivity contribution in [3.8, 4) is 0 Å². The highest BCUT2D eigenvalue weighted by Gasteiger charge is 2.41. The molecule has 0 aliphatic heterocycles. The van der Waals surface area contributed by atoms with Gasteiger partial charge >= 0.3 is 0 Å². The second-order valence-electron chi connectivity index (χ2n) is 6.29. The van der Waals surface area contributed by atoms with Crippen LogP contribution < -0.4 is 5.32 Å². The van der Waals surface area contributed by atoms with Crippen LogP contribution in [0.15, 0.2) is 6.20 Å². The molecule has 4 heteroatoms. The van der Waals surface area contributed by atoms with E-state index in [1.807, 2.05) is 6.92 Å². The van der Waals surface area contributed by atoms with Crippen LogP contribution in [0, 0.1) is 18.3 Å². The molecule has 0 atom stereocenters. The maximum Gasteiger partial charge on any atom is 0.226 e. The Bertz CT molecular complexity index is 430. The minimum Gasteiger partial charge on any atom is -0.351 e. The smallest absolute Gasteiger partial charge is 0.226 e. The van der Waals surface area contributed by atoms with Crippen molar-refractivity contribution in [3.05, 3.63) is 17.5 Å². The number of aromatic amines is 1. The minimum absolute atomic E-state index is 0.119. The third-order valence-electron chi connectivity index (χ3n) is 4.22. The zero-order chi connectivity index (χ0) is 13.9. The van der Waals surface area contributed by atoms with Crippen molar-refractivity contribution in [2.75, 3.05) is 0 Å². The van der Waals surface area contributed by atoms with Gasteiger partial charge in [0.2, 0.25) is 5.91 Å². The van der Waals surface area contributed by atoms with Crippen molar-refractivity contribution in [2.45, 2.75) is 59.4 Å². The van der Waals surface area contributed by atoms with Gasteiger partial charge in [-0.05, 0) is 32.1 Å². The van der Waals surface area contributed by atoms with Crippen LogP contribution in [0.25, 0.3) is 0 Å². The van der Waals surface area contributed by atoms with E-state index in [0.29, 0.717) is 12.5 Å². The van der Waals surface area contributed by atoms with E-state index in [0.717, 1.165) is 30.5 Å². The number of aromatic nitrogens is 2. The summed E-state index contributed by atoms with van der Waals surface area (Å²) in [7, 11) is 0. The first-order valence-corrected chi connectivity index (χ1v) is 7.31. The first-order chi connectivity index (χ1) is 9.03. The van der Waals surface area contributed by atoms with Crippen LogP contribution in [-0.4, -0.2) is 16.1 Å². The molecular formula is C15H25N3O. The second-order valence-corrected chi connectivity index (χ2v) is 6.29. The Morgan fingerprint density at radius 1 is 1.47 bits per heavy atom. The molecule has 1 heterocycles. The van der Waals surface area contributed by atoms with Gasteiger partial charge in [-0.2, -0.15) is 5.10 Å². The van der Waals surface area contributed by atoms with Crippen molar-refractivity contribution in [2.24, 2.45) is 11.3 Å². The number of rotatable bonds is 5. The number of hydrogen-bond donors (Lipinski definition) is 2. The number of H-pyrrole nitrogens is 1. The highest BCUT2D eigenvalue weighted by atomic mass is 16.2. The number of amides is 1. The number of carbonyl (C=O) groups excluding carboxylic acids is 1. The Labute approximate surface area is 115 Å². The van der Waals surface area contributed by atoms with E-state index in [2.05, 4.69) is 29.4 Å². The predicted molar refractivity (Wildman–Crippen MR) is 75.5 cm³/mol. The molecule has 0 radical (unpaired) electrons. The fraction of sp³-hybridized carbons (Fsp3) is 0.733. The summed E-state index contributed by atoms with van der Waals surface area (Å²) in [5.74, 6) is 0.804. The number of hydrogen-bond acceptors (Lipinski definition) is 2. The summed E-state index contributed by atoms with van der Waals surface area (Å²) in [4.78, 5) is 12.6. The van der Waals surface area contributed by atoms with Gasteiger partial charge in [0.1, 0.15) is 0 Å². The second kappa shape index (κ2) is 5.76. The van der Waals surface area contributed by atoms with Gasteiger partial charge in [0.05, 0.1) is 6.20 Å². The van der Waals surface area contributed by atoms with Crippen molar-refractivity contribution in [1.82, 2.24) is 15.5 Å². The molecule has 0 aromatic carbocycles. The van der Waals surface area contributed by atoms with E-state index in [-0.39, 0.29) is 11.3 Å². The summed E-state index contributed by atoms with van der Waals surface area (Å²) in [6, 6.07) is 0. The Morgan fingerprint density at radius 2 is 2.16 bits per heavy atom. The van der Waals surface area contributed by atoms with Gasteiger partial charge in [0.25, 0.3) is 0 Å². The Morgan fingerprint density at radius 3 is 2.68 bits per heavy atom. The summed E-state index contributed by atoms with van der Waals surface area (Å²) >= 11 is 0. The molecule has 1 amide bonds. The van der Waals surface area contributed by atoms with Crippen LogP contribution in [0.3, 0.4) is 0 Å². The lowest BCUT2D eigenvalue weighted by Crippen LogP contribution is -2.39. The Hall–Kier alpha value is -1.32. The van der Waals surface area contributed by atoms with Gasteiger partial charge in [-0.3, -0.25) is 9.89 Å². The highest BCUT2D eigenvalue weighted by Crippen LogP contribution is 2.43. The average molecular weight is 263 g/mol. The molecule has 2 N–H and O–H groups in total. The van der Waals surface area contributed by atoms with Crippen LogP contribution in [0.1, 0.15) is 57.2 Å².